The van der Waals surface area contributed by atoms with Crippen molar-refractivity contribution in [2.45, 2.75) is 37.4 Å². The van der Waals surface area contributed by atoms with Crippen molar-refractivity contribution in [3.8, 4) is 0 Å². The molecule has 43 heavy (non-hydrogen) atoms. The summed E-state index contributed by atoms with van der Waals surface area (Å²) in [6, 6.07) is 18.2. The number of nitrogens with zero attached hydrogens (tertiary/aromatic N) is 6. The Labute approximate surface area is 245 Å². The monoisotopic (exact) mass is 580 g/mol. The minimum atomic E-state index is -1.04. The molecule has 7 rings (SSSR count). The van der Waals surface area contributed by atoms with Crippen LogP contribution in [0.3, 0.4) is 0 Å². The SMILES string of the molecule is O=C1C2N=NN(CC(=O)N3N=C4/C(=C/c5ccc(F)cc5)CCCC4C3c3ccc(F)cc3)C2C(=O)N1c1ccccc1. The van der Waals surface area contributed by atoms with E-state index in [1.165, 1.54) is 34.3 Å². The van der Waals surface area contributed by atoms with Crippen LogP contribution in [0.25, 0.3) is 6.08 Å². The zero-order valence-electron chi connectivity index (χ0n) is 22.9. The van der Waals surface area contributed by atoms with E-state index in [0.29, 0.717) is 5.69 Å². The maximum atomic E-state index is 14.0. The third-order valence-electron chi connectivity index (χ3n) is 8.35. The molecule has 3 aromatic carbocycles. The van der Waals surface area contributed by atoms with Crippen LogP contribution in [0.2, 0.25) is 0 Å². The molecule has 0 spiro atoms. The lowest BCUT2D eigenvalue weighted by Crippen LogP contribution is -2.45. The minimum Gasteiger partial charge on any atom is -0.271 e. The molecule has 4 aliphatic rings. The van der Waals surface area contributed by atoms with Gasteiger partial charge in [0, 0.05) is 5.92 Å². The molecule has 1 saturated heterocycles. The van der Waals surface area contributed by atoms with E-state index in [2.05, 4.69) is 10.3 Å². The largest absolute Gasteiger partial charge is 0.271 e. The van der Waals surface area contributed by atoms with Gasteiger partial charge in [-0.1, -0.05) is 47.7 Å². The molecule has 0 N–H and O–H groups in total. The maximum Gasteiger partial charge on any atom is 0.264 e. The van der Waals surface area contributed by atoms with Crippen molar-refractivity contribution in [3.63, 3.8) is 0 Å². The van der Waals surface area contributed by atoms with E-state index >= 15 is 0 Å². The molecule has 216 valence electrons. The average Bonchev–Trinajstić information content (AvgIpc) is 3.68. The van der Waals surface area contributed by atoms with Gasteiger partial charge in [0.15, 0.2) is 12.1 Å². The Morgan fingerprint density at radius 3 is 2.30 bits per heavy atom. The molecule has 4 atom stereocenters. The third-order valence-corrected chi connectivity index (χ3v) is 8.35. The first-order valence-electron chi connectivity index (χ1n) is 14.1. The van der Waals surface area contributed by atoms with Crippen LogP contribution < -0.4 is 4.90 Å². The number of halogens is 2. The lowest BCUT2D eigenvalue weighted by molar-refractivity contribution is -0.136. The molecule has 3 amide bonds. The molecule has 9 nitrogen and oxygen atoms in total. The number of benzene rings is 3. The van der Waals surface area contributed by atoms with Crippen molar-refractivity contribution in [2.24, 2.45) is 21.4 Å². The highest BCUT2D eigenvalue weighted by Gasteiger charge is 2.55. The van der Waals surface area contributed by atoms with E-state index in [0.717, 1.165) is 46.6 Å². The number of carbonyl (C=O) groups excluding carboxylic acids is 3. The summed E-state index contributed by atoms with van der Waals surface area (Å²) in [7, 11) is 0. The van der Waals surface area contributed by atoms with Crippen LogP contribution in [-0.4, -0.2) is 52.1 Å². The first-order valence-corrected chi connectivity index (χ1v) is 14.1. The Morgan fingerprint density at radius 2 is 1.58 bits per heavy atom. The van der Waals surface area contributed by atoms with Crippen LogP contribution in [0.5, 0.6) is 0 Å². The number of imide groups is 1. The van der Waals surface area contributed by atoms with Gasteiger partial charge in [0.25, 0.3) is 17.7 Å². The molecular weight excluding hydrogens is 554 g/mol. The number of hydrazone groups is 1. The molecule has 3 aromatic rings. The van der Waals surface area contributed by atoms with Gasteiger partial charge in [-0.3, -0.25) is 19.4 Å². The van der Waals surface area contributed by atoms with Gasteiger partial charge in [0.05, 0.1) is 17.4 Å². The summed E-state index contributed by atoms with van der Waals surface area (Å²) in [4.78, 5) is 41.5. The van der Waals surface area contributed by atoms with Crippen LogP contribution in [0.4, 0.5) is 14.5 Å². The van der Waals surface area contributed by atoms with Gasteiger partial charge in [0.1, 0.15) is 18.2 Å². The first-order chi connectivity index (χ1) is 20.9. The molecule has 11 heteroatoms. The van der Waals surface area contributed by atoms with Gasteiger partial charge in [-0.05, 0) is 78.4 Å². The fourth-order valence-electron chi connectivity index (χ4n) is 6.36. The second-order valence-electron chi connectivity index (χ2n) is 11.0. The van der Waals surface area contributed by atoms with Gasteiger partial charge in [-0.2, -0.15) is 10.2 Å². The van der Waals surface area contributed by atoms with Crippen molar-refractivity contribution < 1.29 is 23.2 Å². The minimum absolute atomic E-state index is 0.147. The number of allylic oxidation sites excluding steroid dienone is 1. The van der Waals surface area contributed by atoms with E-state index < -0.39 is 41.7 Å². The van der Waals surface area contributed by atoms with Crippen molar-refractivity contribution in [1.29, 1.82) is 0 Å². The van der Waals surface area contributed by atoms with Gasteiger partial charge in [-0.15, -0.1) is 0 Å². The van der Waals surface area contributed by atoms with Gasteiger partial charge >= 0.3 is 0 Å². The van der Waals surface area contributed by atoms with Crippen LogP contribution in [0, 0.1) is 17.6 Å². The fourth-order valence-corrected chi connectivity index (χ4v) is 6.36. The Hall–Kier alpha value is -5.06. The lowest BCUT2D eigenvalue weighted by atomic mass is 9.77. The van der Waals surface area contributed by atoms with E-state index in [-0.39, 0.29) is 18.3 Å². The molecule has 0 aromatic heterocycles. The molecule has 3 heterocycles. The predicted octanol–water partition coefficient (Wildman–Crippen LogP) is 5.08. The molecule has 2 fully saturated rings. The van der Waals surface area contributed by atoms with Crippen molar-refractivity contribution in [3.05, 3.63) is 107 Å². The molecule has 3 aliphatic heterocycles. The quantitative estimate of drug-likeness (QED) is 0.393. The second-order valence-corrected chi connectivity index (χ2v) is 11.0. The molecule has 1 aliphatic carbocycles. The van der Waals surface area contributed by atoms with E-state index in [1.807, 2.05) is 6.08 Å². The highest BCUT2D eigenvalue weighted by Crippen LogP contribution is 2.45. The number of amides is 3. The Bertz CT molecular complexity index is 1690. The fraction of sp³-hybridized carbons (Fsp3) is 0.250. The molecule has 4 unspecified atom stereocenters. The normalized spacial score (nSPS) is 25.4. The van der Waals surface area contributed by atoms with Crippen LogP contribution in [-0.2, 0) is 14.4 Å². The number of anilines is 1. The second kappa shape index (κ2) is 10.6. The standard InChI is InChI=1S/C32H26F2N6O3/c33-22-13-9-19(10-14-22)17-21-5-4-8-25-27(21)36-40(29(25)20-11-15-23(34)16-12-20)26(41)18-38-30-28(35-37-38)31(42)39(32(30)43)24-6-2-1-3-7-24/h1-3,6-7,9-17,25,28-30H,4-5,8,18H2/b21-17+. The summed E-state index contributed by atoms with van der Waals surface area (Å²) in [5, 5.41) is 15.6. The van der Waals surface area contributed by atoms with E-state index in [4.69, 9.17) is 5.10 Å². The van der Waals surface area contributed by atoms with Crippen molar-refractivity contribution in [1.82, 2.24) is 10.0 Å². The third kappa shape index (κ3) is 4.70. The maximum absolute atomic E-state index is 14.0. The van der Waals surface area contributed by atoms with Crippen LogP contribution in [0.15, 0.2) is 99.9 Å². The predicted molar refractivity (Wildman–Crippen MR) is 153 cm³/mol. The average molecular weight is 581 g/mol. The number of hydrogen-bond acceptors (Lipinski definition) is 7. The Kier molecular flexibility index (Phi) is 6.64. The number of carbonyl (C=O) groups is 3. The molecule has 1 saturated carbocycles. The number of fused-ring (bicyclic) bond motifs is 2. The summed E-state index contributed by atoms with van der Waals surface area (Å²) in [6.45, 7) is -0.329. The Balaban J connectivity index is 1.19. The zero-order chi connectivity index (χ0) is 29.7. The topological polar surface area (TPSA) is 98.0 Å². The van der Waals surface area contributed by atoms with E-state index in [1.54, 1.807) is 54.6 Å². The smallest absolute Gasteiger partial charge is 0.264 e. The number of rotatable bonds is 5. The summed E-state index contributed by atoms with van der Waals surface area (Å²) in [5.74, 6) is -2.29. The highest BCUT2D eigenvalue weighted by atomic mass is 19.1. The van der Waals surface area contributed by atoms with Gasteiger partial charge < -0.3 is 0 Å². The van der Waals surface area contributed by atoms with Gasteiger partial charge in [-0.25, -0.2) is 18.7 Å². The molecule has 0 bridgehead atoms. The van der Waals surface area contributed by atoms with E-state index in [9.17, 15) is 23.2 Å². The summed E-state index contributed by atoms with van der Waals surface area (Å²) < 4.78 is 27.4. The molecule has 0 radical (unpaired) electrons. The summed E-state index contributed by atoms with van der Waals surface area (Å²) >= 11 is 0. The summed E-state index contributed by atoms with van der Waals surface area (Å²) in [6.07, 6.45) is 4.31. The zero-order valence-corrected chi connectivity index (χ0v) is 22.9. The number of hydrogen-bond donors (Lipinski definition) is 0. The number of para-hydroxylation sites is 1. The van der Waals surface area contributed by atoms with Crippen molar-refractivity contribution in [2.75, 3.05) is 11.4 Å². The lowest BCUT2D eigenvalue weighted by Gasteiger charge is -2.30. The summed E-state index contributed by atoms with van der Waals surface area (Å²) in [5.41, 5.74) is 3.67. The molecular formula is C32H26F2N6O3. The highest BCUT2D eigenvalue weighted by molar-refractivity contribution is 6.25. The first kappa shape index (κ1) is 26.8. The van der Waals surface area contributed by atoms with Crippen LogP contribution in [0.1, 0.15) is 36.4 Å². The van der Waals surface area contributed by atoms with Crippen molar-refractivity contribution >= 4 is 35.2 Å². The Morgan fingerprint density at radius 1 is 0.884 bits per heavy atom. The van der Waals surface area contributed by atoms with Crippen LogP contribution >= 0.6 is 0 Å². The van der Waals surface area contributed by atoms with Gasteiger partial charge in [0.2, 0.25) is 0 Å².